The lowest BCUT2D eigenvalue weighted by Crippen LogP contribution is -2.13. The summed E-state index contributed by atoms with van der Waals surface area (Å²) in [5.74, 6) is -1.05. The third-order valence-electron chi connectivity index (χ3n) is 2.67. The van der Waals surface area contributed by atoms with E-state index in [9.17, 15) is 13.2 Å². The molecule has 1 aromatic carbocycles. The lowest BCUT2D eigenvalue weighted by molar-refractivity contribution is 0.0697. The first-order chi connectivity index (χ1) is 9.29. The Labute approximate surface area is 120 Å². The highest BCUT2D eigenvalue weighted by Gasteiger charge is 2.19. The summed E-state index contributed by atoms with van der Waals surface area (Å²) in [6.07, 6.45) is 0. The zero-order valence-electron chi connectivity index (χ0n) is 10.9. The minimum absolute atomic E-state index is 0.107. The molecule has 0 fully saturated rings. The van der Waals surface area contributed by atoms with Crippen LogP contribution in [0.25, 0.3) is 0 Å². The fourth-order valence-electron chi connectivity index (χ4n) is 1.77. The van der Waals surface area contributed by atoms with Gasteiger partial charge in [0.05, 0.1) is 5.56 Å². The van der Waals surface area contributed by atoms with E-state index in [0.717, 1.165) is 9.75 Å². The molecule has 2 N–H and O–H groups in total. The number of aryl methyl sites for hydroxylation is 2. The lowest BCUT2D eigenvalue weighted by atomic mass is 10.2. The summed E-state index contributed by atoms with van der Waals surface area (Å²) in [6.45, 7) is 3.60. The monoisotopic (exact) mass is 311 g/mol. The number of rotatable bonds is 4. The maximum Gasteiger partial charge on any atom is 0.335 e. The Balaban J connectivity index is 2.28. The number of anilines is 1. The smallest absolute Gasteiger partial charge is 0.335 e. The Morgan fingerprint density at radius 3 is 2.25 bits per heavy atom. The van der Waals surface area contributed by atoms with E-state index in [2.05, 4.69) is 4.72 Å². The number of hydrogen-bond acceptors (Lipinski definition) is 4. The van der Waals surface area contributed by atoms with E-state index in [1.165, 1.54) is 35.6 Å². The topological polar surface area (TPSA) is 83.5 Å². The fraction of sp³-hybridized carbons (Fsp3) is 0.154. The van der Waals surface area contributed by atoms with Crippen molar-refractivity contribution in [2.45, 2.75) is 18.7 Å². The maximum absolute atomic E-state index is 12.2. The molecule has 2 aromatic rings. The van der Waals surface area contributed by atoms with Gasteiger partial charge >= 0.3 is 5.97 Å². The predicted molar refractivity (Wildman–Crippen MR) is 78.0 cm³/mol. The van der Waals surface area contributed by atoms with Crippen molar-refractivity contribution in [3.8, 4) is 0 Å². The largest absolute Gasteiger partial charge is 0.478 e. The zero-order valence-corrected chi connectivity index (χ0v) is 12.5. The van der Waals surface area contributed by atoms with Gasteiger partial charge in [0.25, 0.3) is 10.0 Å². The van der Waals surface area contributed by atoms with Crippen molar-refractivity contribution in [2.75, 3.05) is 4.72 Å². The normalized spacial score (nSPS) is 11.3. The van der Waals surface area contributed by atoms with Crippen molar-refractivity contribution in [3.05, 3.63) is 45.6 Å². The standard InChI is InChI=1S/C13H13NO4S2/c1-8-7-12(9(2)19-8)20(17,18)14-11-5-3-10(4-6-11)13(15)16/h3-7,14H,1-2H3,(H,15,16). The molecular formula is C13H13NO4S2. The SMILES string of the molecule is Cc1cc(S(=O)(=O)Nc2ccc(C(=O)O)cc2)c(C)s1. The van der Waals surface area contributed by atoms with E-state index in [-0.39, 0.29) is 10.5 Å². The second kappa shape index (κ2) is 5.26. The molecule has 0 amide bonds. The number of carboxylic acids is 1. The van der Waals surface area contributed by atoms with Crippen LogP contribution in [0.1, 0.15) is 20.1 Å². The van der Waals surface area contributed by atoms with Gasteiger partial charge in [-0.1, -0.05) is 0 Å². The number of carbonyl (C=O) groups is 1. The van der Waals surface area contributed by atoms with Crippen molar-refractivity contribution in [1.29, 1.82) is 0 Å². The van der Waals surface area contributed by atoms with E-state index >= 15 is 0 Å². The number of nitrogens with one attached hydrogen (secondary N) is 1. The van der Waals surface area contributed by atoms with Gasteiger partial charge in [-0.3, -0.25) is 4.72 Å². The van der Waals surface area contributed by atoms with Crippen molar-refractivity contribution >= 4 is 33.0 Å². The van der Waals surface area contributed by atoms with E-state index in [1.807, 2.05) is 6.92 Å². The molecule has 0 saturated carbocycles. The second-order valence-electron chi connectivity index (χ2n) is 4.27. The molecule has 1 heterocycles. The average molecular weight is 311 g/mol. The number of benzene rings is 1. The number of sulfonamides is 1. The van der Waals surface area contributed by atoms with Crippen molar-refractivity contribution in [2.24, 2.45) is 0 Å². The van der Waals surface area contributed by atoms with Crippen LogP contribution in [-0.4, -0.2) is 19.5 Å². The molecule has 20 heavy (non-hydrogen) atoms. The molecule has 0 aliphatic carbocycles. The van der Waals surface area contributed by atoms with E-state index < -0.39 is 16.0 Å². The van der Waals surface area contributed by atoms with Crippen LogP contribution in [0.2, 0.25) is 0 Å². The van der Waals surface area contributed by atoms with E-state index in [0.29, 0.717) is 5.69 Å². The molecule has 0 spiro atoms. The van der Waals surface area contributed by atoms with Crippen LogP contribution < -0.4 is 4.72 Å². The molecule has 0 bridgehead atoms. The van der Waals surface area contributed by atoms with Crippen LogP contribution in [-0.2, 0) is 10.0 Å². The molecule has 0 atom stereocenters. The second-order valence-corrected chi connectivity index (χ2v) is 7.38. The molecule has 0 aliphatic rings. The van der Waals surface area contributed by atoms with Gasteiger partial charge in [0, 0.05) is 15.4 Å². The van der Waals surface area contributed by atoms with Gasteiger partial charge in [-0.25, -0.2) is 13.2 Å². The number of carboxylic acid groups (broad SMARTS) is 1. The predicted octanol–water partition coefficient (Wildman–Crippen LogP) is 2.86. The number of hydrogen-bond donors (Lipinski definition) is 2. The van der Waals surface area contributed by atoms with Crippen molar-refractivity contribution in [3.63, 3.8) is 0 Å². The molecule has 0 radical (unpaired) electrons. The van der Waals surface area contributed by atoms with Gasteiger partial charge in [-0.15, -0.1) is 11.3 Å². The first kappa shape index (κ1) is 14.5. The summed E-state index contributed by atoms with van der Waals surface area (Å²) >= 11 is 1.42. The first-order valence-corrected chi connectivity index (χ1v) is 8.03. The molecule has 106 valence electrons. The summed E-state index contributed by atoms with van der Waals surface area (Å²) in [4.78, 5) is 12.6. The minimum atomic E-state index is -3.64. The Morgan fingerprint density at radius 1 is 1.20 bits per heavy atom. The van der Waals surface area contributed by atoms with Gasteiger partial charge in [0.2, 0.25) is 0 Å². The Bertz CT molecular complexity index is 745. The lowest BCUT2D eigenvalue weighted by Gasteiger charge is -2.07. The zero-order chi connectivity index (χ0) is 14.9. The Hall–Kier alpha value is -1.86. The highest BCUT2D eigenvalue weighted by Crippen LogP contribution is 2.26. The Morgan fingerprint density at radius 2 is 1.80 bits per heavy atom. The van der Waals surface area contributed by atoms with Gasteiger partial charge in [-0.05, 0) is 44.2 Å². The molecule has 0 saturated heterocycles. The third kappa shape index (κ3) is 3.00. The average Bonchev–Trinajstić information content (AvgIpc) is 2.69. The van der Waals surface area contributed by atoms with Gasteiger partial charge in [-0.2, -0.15) is 0 Å². The van der Waals surface area contributed by atoms with E-state index in [1.54, 1.807) is 13.0 Å². The summed E-state index contributed by atoms with van der Waals surface area (Å²) in [5, 5.41) is 8.79. The Kier molecular flexibility index (Phi) is 3.82. The highest BCUT2D eigenvalue weighted by atomic mass is 32.2. The van der Waals surface area contributed by atoms with Gasteiger partial charge in [0.15, 0.2) is 0 Å². The molecule has 5 nitrogen and oxygen atoms in total. The van der Waals surface area contributed by atoms with Crippen LogP contribution in [0.5, 0.6) is 0 Å². The minimum Gasteiger partial charge on any atom is -0.478 e. The van der Waals surface area contributed by atoms with Crippen LogP contribution >= 0.6 is 11.3 Å². The summed E-state index contributed by atoms with van der Waals surface area (Å²) in [5.41, 5.74) is 0.439. The van der Waals surface area contributed by atoms with Crippen molar-refractivity contribution < 1.29 is 18.3 Å². The quantitative estimate of drug-likeness (QED) is 0.909. The van der Waals surface area contributed by atoms with Crippen LogP contribution in [0.4, 0.5) is 5.69 Å². The van der Waals surface area contributed by atoms with Gasteiger partial charge in [0.1, 0.15) is 4.90 Å². The van der Waals surface area contributed by atoms with Crippen LogP contribution in [0.15, 0.2) is 35.2 Å². The van der Waals surface area contributed by atoms with E-state index in [4.69, 9.17) is 5.11 Å². The van der Waals surface area contributed by atoms with Crippen molar-refractivity contribution in [1.82, 2.24) is 0 Å². The highest BCUT2D eigenvalue weighted by molar-refractivity contribution is 7.93. The number of aromatic carboxylic acids is 1. The molecule has 7 heteroatoms. The third-order valence-corrected chi connectivity index (χ3v) is 5.27. The fourth-order valence-corrected chi connectivity index (χ4v) is 4.38. The molecular weight excluding hydrogens is 298 g/mol. The van der Waals surface area contributed by atoms with Crippen LogP contribution in [0, 0.1) is 13.8 Å². The summed E-state index contributed by atoms with van der Waals surface area (Å²) in [7, 11) is -3.64. The molecule has 0 unspecified atom stereocenters. The maximum atomic E-state index is 12.2. The summed E-state index contributed by atoms with van der Waals surface area (Å²) in [6, 6.07) is 7.18. The number of thiophene rings is 1. The summed E-state index contributed by atoms with van der Waals surface area (Å²) < 4.78 is 26.9. The first-order valence-electron chi connectivity index (χ1n) is 5.73. The molecule has 1 aromatic heterocycles. The van der Waals surface area contributed by atoms with Gasteiger partial charge < -0.3 is 5.11 Å². The molecule has 2 rings (SSSR count). The van der Waals surface area contributed by atoms with Crippen LogP contribution in [0.3, 0.4) is 0 Å². The molecule has 0 aliphatic heterocycles.